The Morgan fingerprint density at radius 3 is 2.50 bits per heavy atom. The molecule has 0 amide bonds. The van der Waals surface area contributed by atoms with Crippen LogP contribution in [0.4, 0.5) is 0 Å². The monoisotopic (exact) mass is 288 g/mol. The molecule has 5 nitrogen and oxygen atoms in total. The summed E-state index contributed by atoms with van der Waals surface area (Å²) in [5.74, 6) is 0.793. The predicted molar refractivity (Wildman–Crippen MR) is 85.4 cm³/mol. The lowest BCUT2D eigenvalue weighted by molar-refractivity contribution is 1.22. The van der Waals surface area contributed by atoms with E-state index in [1.807, 2.05) is 36.4 Å². The van der Waals surface area contributed by atoms with E-state index in [2.05, 4.69) is 19.9 Å². The first kappa shape index (κ1) is 12.5. The van der Waals surface area contributed by atoms with Crippen molar-refractivity contribution in [3.63, 3.8) is 0 Å². The largest absolute Gasteiger partial charge is 0.338 e. The fourth-order valence-electron chi connectivity index (χ4n) is 2.36. The van der Waals surface area contributed by atoms with Crippen LogP contribution in [0.5, 0.6) is 0 Å². The fraction of sp³-hybridized carbons (Fsp3) is 0. The minimum atomic E-state index is -0.123. The predicted octanol–water partition coefficient (Wildman–Crippen LogP) is 2.98. The first-order chi connectivity index (χ1) is 10.8. The van der Waals surface area contributed by atoms with Crippen LogP contribution in [0.25, 0.3) is 33.7 Å². The van der Waals surface area contributed by atoms with Gasteiger partial charge in [0, 0.05) is 29.6 Å². The molecule has 0 radical (unpaired) electrons. The molecule has 2 N–H and O–H groups in total. The number of H-pyrrole nitrogens is 2. The van der Waals surface area contributed by atoms with E-state index >= 15 is 0 Å². The van der Waals surface area contributed by atoms with Crippen LogP contribution < -0.4 is 5.56 Å². The van der Waals surface area contributed by atoms with Gasteiger partial charge in [-0.15, -0.1) is 0 Å². The molecule has 0 aliphatic rings. The third kappa shape index (κ3) is 2.18. The highest BCUT2D eigenvalue weighted by Gasteiger charge is 2.06. The van der Waals surface area contributed by atoms with E-state index in [1.54, 1.807) is 18.5 Å². The second-order valence-corrected chi connectivity index (χ2v) is 4.98. The molecule has 22 heavy (non-hydrogen) atoms. The first-order valence-electron chi connectivity index (χ1n) is 6.90. The highest BCUT2D eigenvalue weighted by molar-refractivity contribution is 5.79. The van der Waals surface area contributed by atoms with E-state index in [1.165, 1.54) is 6.07 Å². The van der Waals surface area contributed by atoms with Gasteiger partial charge in [-0.05, 0) is 30.3 Å². The molecule has 0 spiro atoms. The summed E-state index contributed by atoms with van der Waals surface area (Å²) in [6, 6.07) is 15.0. The minimum absolute atomic E-state index is 0.123. The van der Waals surface area contributed by atoms with E-state index in [0.717, 1.165) is 33.7 Å². The average Bonchev–Trinajstić information content (AvgIpc) is 3.00. The quantitative estimate of drug-likeness (QED) is 0.595. The summed E-state index contributed by atoms with van der Waals surface area (Å²) in [5.41, 5.74) is 4.41. The number of aromatic amines is 2. The van der Waals surface area contributed by atoms with Crippen LogP contribution >= 0.6 is 0 Å². The van der Waals surface area contributed by atoms with Gasteiger partial charge < -0.3 is 9.97 Å². The van der Waals surface area contributed by atoms with Gasteiger partial charge in [-0.2, -0.15) is 0 Å². The molecule has 3 heterocycles. The van der Waals surface area contributed by atoms with Crippen molar-refractivity contribution >= 4 is 11.0 Å². The number of hydrogen-bond acceptors (Lipinski definition) is 3. The standard InChI is InChI=1S/C17H12N4O/c22-16-8-6-11(9-19-16)13-7-5-12(10-18-13)17-20-14-3-1-2-4-15(14)21-17/h1-10H,(H,19,22)(H,20,21). The average molecular weight is 288 g/mol. The third-order valence-corrected chi connectivity index (χ3v) is 3.51. The lowest BCUT2D eigenvalue weighted by atomic mass is 10.1. The third-order valence-electron chi connectivity index (χ3n) is 3.51. The van der Waals surface area contributed by atoms with Crippen LogP contribution in [-0.2, 0) is 0 Å². The maximum atomic E-state index is 11.1. The molecule has 0 fully saturated rings. The molecular weight excluding hydrogens is 276 g/mol. The summed E-state index contributed by atoms with van der Waals surface area (Å²) < 4.78 is 0. The number of nitrogens with one attached hydrogen (secondary N) is 2. The van der Waals surface area contributed by atoms with E-state index in [9.17, 15) is 4.79 Å². The van der Waals surface area contributed by atoms with Crippen molar-refractivity contribution in [2.75, 3.05) is 0 Å². The molecule has 106 valence electrons. The molecule has 0 bridgehead atoms. The first-order valence-corrected chi connectivity index (χ1v) is 6.90. The van der Waals surface area contributed by atoms with Gasteiger partial charge in [0.2, 0.25) is 5.56 Å². The molecule has 0 saturated carbocycles. The number of hydrogen-bond donors (Lipinski definition) is 2. The second-order valence-electron chi connectivity index (χ2n) is 4.98. The summed E-state index contributed by atoms with van der Waals surface area (Å²) in [5, 5.41) is 0. The Kier molecular flexibility index (Phi) is 2.83. The number of para-hydroxylation sites is 2. The Balaban J connectivity index is 1.72. The topological polar surface area (TPSA) is 74.4 Å². The Labute approximate surface area is 125 Å². The van der Waals surface area contributed by atoms with Gasteiger partial charge in [0.25, 0.3) is 0 Å². The smallest absolute Gasteiger partial charge is 0.247 e. The molecule has 0 aliphatic carbocycles. The van der Waals surface area contributed by atoms with Crippen molar-refractivity contribution < 1.29 is 0 Å². The van der Waals surface area contributed by atoms with Crippen molar-refractivity contribution in [1.82, 2.24) is 19.9 Å². The maximum Gasteiger partial charge on any atom is 0.247 e. The van der Waals surface area contributed by atoms with Gasteiger partial charge >= 0.3 is 0 Å². The number of fused-ring (bicyclic) bond motifs is 1. The molecular formula is C17H12N4O. The van der Waals surface area contributed by atoms with Crippen LogP contribution in [0.15, 0.2) is 65.7 Å². The molecule has 0 unspecified atom stereocenters. The number of nitrogens with zero attached hydrogens (tertiary/aromatic N) is 2. The van der Waals surface area contributed by atoms with Crippen molar-refractivity contribution in [3.05, 3.63) is 71.3 Å². The highest BCUT2D eigenvalue weighted by Crippen LogP contribution is 2.22. The van der Waals surface area contributed by atoms with Crippen molar-refractivity contribution in [2.24, 2.45) is 0 Å². The molecule has 0 aliphatic heterocycles. The molecule has 0 saturated heterocycles. The van der Waals surface area contributed by atoms with Gasteiger partial charge in [-0.3, -0.25) is 9.78 Å². The molecule has 3 aromatic heterocycles. The normalized spacial score (nSPS) is 10.9. The number of benzene rings is 1. The van der Waals surface area contributed by atoms with Crippen molar-refractivity contribution in [3.8, 4) is 22.6 Å². The summed E-state index contributed by atoms with van der Waals surface area (Å²) in [6.45, 7) is 0. The zero-order valence-corrected chi connectivity index (χ0v) is 11.6. The zero-order chi connectivity index (χ0) is 14.9. The SMILES string of the molecule is O=c1ccc(-c2ccc(-c3nc4ccccc4[nH]3)cn2)c[nH]1. The number of imidazole rings is 1. The lowest BCUT2D eigenvalue weighted by Crippen LogP contribution is -2.01. The maximum absolute atomic E-state index is 11.1. The van der Waals surface area contributed by atoms with Gasteiger partial charge in [0.1, 0.15) is 5.82 Å². The Morgan fingerprint density at radius 1 is 0.909 bits per heavy atom. The lowest BCUT2D eigenvalue weighted by Gasteiger charge is -2.01. The van der Waals surface area contributed by atoms with E-state index in [4.69, 9.17) is 0 Å². The van der Waals surface area contributed by atoms with Gasteiger partial charge in [0.15, 0.2) is 0 Å². The van der Waals surface area contributed by atoms with Crippen molar-refractivity contribution in [1.29, 1.82) is 0 Å². The number of pyridine rings is 2. The minimum Gasteiger partial charge on any atom is -0.338 e. The zero-order valence-electron chi connectivity index (χ0n) is 11.6. The Bertz CT molecular complexity index is 946. The van der Waals surface area contributed by atoms with Gasteiger partial charge in [-0.25, -0.2) is 4.98 Å². The Hall–Kier alpha value is -3.21. The van der Waals surface area contributed by atoms with Gasteiger partial charge in [0.05, 0.1) is 16.7 Å². The summed E-state index contributed by atoms with van der Waals surface area (Å²) in [4.78, 5) is 26.0. The van der Waals surface area contributed by atoms with E-state index in [-0.39, 0.29) is 5.56 Å². The summed E-state index contributed by atoms with van der Waals surface area (Å²) in [7, 11) is 0. The Morgan fingerprint density at radius 2 is 1.77 bits per heavy atom. The van der Waals surface area contributed by atoms with E-state index in [0.29, 0.717) is 0 Å². The van der Waals surface area contributed by atoms with Gasteiger partial charge in [-0.1, -0.05) is 12.1 Å². The van der Waals surface area contributed by atoms with Crippen LogP contribution in [0.3, 0.4) is 0 Å². The van der Waals surface area contributed by atoms with Crippen LogP contribution in [0.1, 0.15) is 0 Å². The highest BCUT2D eigenvalue weighted by atomic mass is 16.1. The molecule has 1 aromatic carbocycles. The molecule has 4 rings (SSSR count). The summed E-state index contributed by atoms with van der Waals surface area (Å²) >= 11 is 0. The van der Waals surface area contributed by atoms with Crippen LogP contribution in [0, 0.1) is 0 Å². The number of rotatable bonds is 2. The second kappa shape index (κ2) is 4.96. The molecule has 4 aromatic rings. The van der Waals surface area contributed by atoms with Crippen molar-refractivity contribution in [2.45, 2.75) is 0 Å². The number of aromatic nitrogens is 4. The van der Waals surface area contributed by atoms with E-state index < -0.39 is 0 Å². The summed E-state index contributed by atoms with van der Waals surface area (Å²) in [6.07, 6.45) is 3.43. The van der Waals surface area contributed by atoms with Crippen LogP contribution in [-0.4, -0.2) is 19.9 Å². The molecule has 5 heteroatoms. The molecule has 0 atom stereocenters. The van der Waals surface area contributed by atoms with Crippen LogP contribution in [0.2, 0.25) is 0 Å². The fourth-order valence-corrected chi connectivity index (χ4v) is 2.36.